The lowest BCUT2D eigenvalue weighted by atomic mass is 10.2. The maximum absolute atomic E-state index is 11.9. The van der Waals surface area contributed by atoms with Gasteiger partial charge in [-0.15, -0.1) is 0 Å². The molecule has 4 nitrogen and oxygen atoms in total. The summed E-state index contributed by atoms with van der Waals surface area (Å²) in [5.74, 6) is 1.24. The largest absolute Gasteiger partial charge is 0.441 e. The van der Waals surface area contributed by atoms with Crippen LogP contribution >= 0.6 is 11.6 Å². The van der Waals surface area contributed by atoms with Crippen LogP contribution in [0.2, 0.25) is 5.02 Å². The highest BCUT2D eigenvalue weighted by atomic mass is 35.5. The number of carbonyl (C=O) groups is 1. The number of rotatable bonds is 6. The molecule has 0 unspecified atom stereocenters. The van der Waals surface area contributed by atoms with Crippen molar-refractivity contribution in [3.05, 3.63) is 77.3 Å². The van der Waals surface area contributed by atoms with Crippen LogP contribution in [0.1, 0.15) is 17.9 Å². The van der Waals surface area contributed by atoms with E-state index in [1.165, 1.54) is 0 Å². The summed E-state index contributed by atoms with van der Waals surface area (Å²) in [5, 5.41) is 3.56. The number of carbonyl (C=O) groups excluding carboxylic acids is 1. The Morgan fingerprint density at radius 2 is 1.83 bits per heavy atom. The van der Waals surface area contributed by atoms with Crippen LogP contribution in [-0.2, 0) is 17.8 Å². The quantitative estimate of drug-likeness (QED) is 0.730. The minimum atomic E-state index is -0.0376. The number of oxazole rings is 1. The van der Waals surface area contributed by atoms with Crippen LogP contribution in [0.5, 0.6) is 0 Å². The van der Waals surface area contributed by atoms with Crippen LogP contribution in [0.15, 0.2) is 65.2 Å². The molecule has 3 aromatic rings. The van der Waals surface area contributed by atoms with Crippen LogP contribution in [0.4, 0.5) is 0 Å². The van der Waals surface area contributed by atoms with E-state index in [2.05, 4.69) is 10.3 Å². The topological polar surface area (TPSA) is 55.1 Å². The van der Waals surface area contributed by atoms with Crippen molar-refractivity contribution in [2.24, 2.45) is 0 Å². The number of benzene rings is 2. The molecular formula is C19H17ClN2O2. The van der Waals surface area contributed by atoms with Gasteiger partial charge in [-0.3, -0.25) is 4.79 Å². The van der Waals surface area contributed by atoms with Crippen molar-refractivity contribution in [3.8, 4) is 11.3 Å². The standard InChI is InChI=1S/C19H17ClN2O2/c20-16-8-6-14(7-9-16)12-21-18(23)10-11-19-22-13-17(24-19)15-4-2-1-3-5-15/h1-9,13H,10-12H2,(H,21,23). The maximum atomic E-state index is 11.9. The molecule has 1 N–H and O–H groups in total. The van der Waals surface area contributed by atoms with Gasteiger partial charge < -0.3 is 9.73 Å². The highest BCUT2D eigenvalue weighted by Gasteiger charge is 2.08. The molecule has 0 radical (unpaired) electrons. The lowest BCUT2D eigenvalue weighted by molar-refractivity contribution is -0.121. The van der Waals surface area contributed by atoms with Gasteiger partial charge in [-0.05, 0) is 17.7 Å². The smallest absolute Gasteiger partial charge is 0.220 e. The minimum Gasteiger partial charge on any atom is -0.441 e. The number of hydrogen-bond donors (Lipinski definition) is 1. The molecule has 0 saturated carbocycles. The lowest BCUT2D eigenvalue weighted by Crippen LogP contribution is -2.22. The summed E-state index contributed by atoms with van der Waals surface area (Å²) in [6.07, 6.45) is 2.50. The van der Waals surface area contributed by atoms with Crippen molar-refractivity contribution in [2.45, 2.75) is 19.4 Å². The number of nitrogens with one attached hydrogen (secondary N) is 1. The number of aryl methyl sites for hydroxylation is 1. The van der Waals surface area contributed by atoms with E-state index in [4.69, 9.17) is 16.0 Å². The van der Waals surface area contributed by atoms with Crippen molar-refractivity contribution in [2.75, 3.05) is 0 Å². The zero-order valence-corrected chi connectivity index (χ0v) is 13.8. The molecular weight excluding hydrogens is 324 g/mol. The summed E-state index contributed by atoms with van der Waals surface area (Å²) in [6, 6.07) is 17.2. The average molecular weight is 341 g/mol. The summed E-state index contributed by atoms with van der Waals surface area (Å²) in [5.41, 5.74) is 1.98. The molecule has 3 rings (SSSR count). The van der Waals surface area contributed by atoms with E-state index in [1.54, 1.807) is 18.3 Å². The molecule has 1 heterocycles. The molecule has 24 heavy (non-hydrogen) atoms. The van der Waals surface area contributed by atoms with Gasteiger partial charge in [0.05, 0.1) is 6.20 Å². The van der Waals surface area contributed by atoms with Gasteiger partial charge in [0.2, 0.25) is 5.91 Å². The fourth-order valence-electron chi connectivity index (χ4n) is 2.27. The van der Waals surface area contributed by atoms with Crippen LogP contribution in [-0.4, -0.2) is 10.9 Å². The maximum Gasteiger partial charge on any atom is 0.220 e. The first-order valence-electron chi connectivity index (χ1n) is 7.72. The Morgan fingerprint density at radius 1 is 1.08 bits per heavy atom. The highest BCUT2D eigenvalue weighted by molar-refractivity contribution is 6.30. The second-order valence-electron chi connectivity index (χ2n) is 5.39. The van der Waals surface area contributed by atoms with Gasteiger partial charge in [0.25, 0.3) is 0 Å². The molecule has 1 aromatic heterocycles. The van der Waals surface area contributed by atoms with Crippen molar-refractivity contribution in [3.63, 3.8) is 0 Å². The Morgan fingerprint density at radius 3 is 2.58 bits per heavy atom. The van der Waals surface area contributed by atoms with Gasteiger partial charge in [-0.2, -0.15) is 0 Å². The molecule has 0 atom stereocenters. The van der Waals surface area contributed by atoms with Gasteiger partial charge in [0.1, 0.15) is 0 Å². The lowest BCUT2D eigenvalue weighted by Gasteiger charge is -2.04. The van der Waals surface area contributed by atoms with Crippen molar-refractivity contribution in [1.29, 1.82) is 0 Å². The van der Waals surface area contributed by atoms with Crippen LogP contribution in [0, 0.1) is 0 Å². The molecule has 0 fully saturated rings. The summed E-state index contributed by atoms with van der Waals surface area (Å²) >= 11 is 5.83. The summed E-state index contributed by atoms with van der Waals surface area (Å²) in [4.78, 5) is 16.2. The van der Waals surface area contributed by atoms with Crippen molar-refractivity contribution >= 4 is 17.5 Å². The molecule has 122 valence electrons. The van der Waals surface area contributed by atoms with E-state index >= 15 is 0 Å². The van der Waals surface area contributed by atoms with E-state index in [0.717, 1.165) is 11.1 Å². The third-order valence-electron chi connectivity index (χ3n) is 3.58. The molecule has 0 saturated heterocycles. The van der Waals surface area contributed by atoms with Crippen molar-refractivity contribution in [1.82, 2.24) is 10.3 Å². The van der Waals surface area contributed by atoms with E-state index < -0.39 is 0 Å². The van der Waals surface area contributed by atoms with Gasteiger partial charge in [0.15, 0.2) is 11.7 Å². The third-order valence-corrected chi connectivity index (χ3v) is 3.83. The molecule has 1 amide bonds. The SMILES string of the molecule is O=C(CCc1ncc(-c2ccccc2)o1)NCc1ccc(Cl)cc1. The van der Waals surface area contributed by atoms with E-state index in [-0.39, 0.29) is 5.91 Å². The third kappa shape index (κ3) is 4.46. The number of halogens is 1. The van der Waals surface area contributed by atoms with Crippen LogP contribution in [0.25, 0.3) is 11.3 Å². The first-order valence-corrected chi connectivity index (χ1v) is 8.10. The number of aromatic nitrogens is 1. The van der Waals surface area contributed by atoms with Crippen LogP contribution < -0.4 is 5.32 Å². The number of nitrogens with zero attached hydrogens (tertiary/aromatic N) is 1. The van der Waals surface area contributed by atoms with E-state index in [1.807, 2.05) is 42.5 Å². The van der Waals surface area contributed by atoms with Gasteiger partial charge in [-0.1, -0.05) is 54.1 Å². The minimum absolute atomic E-state index is 0.0376. The predicted molar refractivity (Wildman–Crippen MR) is 93.6 cm³/mol. The van der Waals surface area contributed by atoms with Gasteiger partial charge >= 0.3 is 0 Å². The molecule has 5 heteroatoms. The second kappa shape index (κ2) is 7.79. The zero-order chi connectivity index (χ0) is 16.8. The monoisotopic (exact) mass is 340 g/mol. The predicted octanol–water partition coefficient (Wildman–Crippen LogP) is 4.24. The van der Waals surface area contributed by atoms with E-state index in [0.29, 0.717) is 36.1 Å². The summed E-state index contributed by atoms with van der Waals surface area (Å²) < 4.78 is 5.69. The average Bonchev–Trinajstić information content (AvgIpc) is 3.09. The molecule has 0 aliphatic heterocycles. The normalized spacial score (nSPS) is 10.5. The summed E-state index contributed by atoms with van der Waals surface area (Å²) in [7, 11) is 0. The second-order valence-corrected chi connectivity index (χ2v) is 5.82. The molecule has 2 aromatic carbocycles. The Kier molecular flexibility index (Phi) is 5.29. The Bertz CT molecular complexity index is 798. The van der Waals surface area contributed by atoms with Gasteiger partial charge in [0, 0.05) is 30.0 Å². The Labute approximate surface area is 145 Å². The zero-order valence-electron chi connectivity index (χ0n) is 13.0. The Balaban J connectivity index is 1.48. The molecule has 0 spiro atoms. The summed E-state index contributed by atoms with van der Waals surface area (Å²) in [6.45, 7) is 0.483. The number of hydrogen-bond acceptors (Lipinski definition) is 3. The van der Waals surface area contributed by atoms with E-state index in [9.17, 15) is 4.79 Å². The van der Waals surface area contributed by atoms with Gasteiger partial charge in [-0.25, -0.2) is 4.98 Å². The molecule has 0 bridgehead atoms. The first-order chi connectivity index (χ1) is 11.7. The fraction of sp³-hybridized carbons (Fsp3) is 0.158. The first kappa shape index (κ1) is 16.3. The molecule has 0 aliphatic carbocycles. The molecule has 0 aliphatic rings. The van der Waals surface area contributed by atoms with Crippen molar-refractivity contribution < 1.29 is 9.21 Å². The fourth-order valence-corrected chi connectivity index (χ4v) is 2.40. The Hall–Kier alpha value is -2.59. The number of amides is 1. The highest BCUT2D eigenvalue weighted by Crippen LogP contribution is 2.20. The van der Waals surface area contributed by atoms with Crippen LogP contribution in [0.3, 0.4) is 0 Å².